The van der Waals surface area contributed by atoms with Crippen LogP contribution in [0.4, 0.5) is 0 Å². The summed E-state index contributed by atoms with van der Waals surface area (Å²) < 4.78 is 13.5. The number of aromatic nitrogens is 2. The zero-order valence-corrected chi connectivity index (χ0v) is 14.0. The summed E-state index contributed by atoms with van der Waals surface area (Å²) in [5.74, 6) is 0.494. The lowest BCUT2D eigenvalue weighted by atomic mass is 9.99. The van der Waals surface area contributed by atoms with E-state index >= 15 is 0 Å². The van der Waals surface area contributed by atoms with E-state index in [0.717, 1.165) is 50.2 Å². The Morgan fingerprint density at radius 1 is 1.29 bits per heavy atom. The SMILES string of the molecule is Cn1cncc1CN1CCOCC(Cc2ccc3ccoc3c2)C1. The lowest BCUT2D eigenvalue weighted by Gasteiger charge is -2.23. The van der Waals surface area contributed by atoms with Crippen LogP contribution in [-0.4, -0.2) is 40.8 Å². The molecule has 0 spiro atoms. The van der Waals surface area contributed by atoms with Crippen LogP contribution >= 0.6 is 0 Å². The Balaban J connectivity index is 1.44. The normalized spacial score (nSPS) is 19.6. The number of ether oxygens (including phenoxy) is 1. The zero-order valence-electron chi connectivity index (χ0n) is 14.0. The number of hydrogen-bond acceptors (Lipinski definition) is 4. The number of furan rings is 1. The second-order valence-electron chi connectivity index (χ2n) is 6.67. The van der Waals surface area contributed by atoms with Gasteiger partial charge in [0.1, 0.15) is 5.58 Å². The van der Waals surface area contributed by atoms with Gasteiger partial charge in [-0.2, -0.15) is 0 Å². The molecule has 1 unspecified atom stereocenters. The molecule has 1 fully saturated rings. The van der Waals surface area contributed by atoms with Crippen LogP contribution in [0.25, 0.3) is 11.0 Å². The Labute approximate surface area is 141 Å². The van der Waals surface area contributed by atoms with E-state index < -0.39 is 0 Å². The predicted octanol–water partition coefficient (Wildman–Crippen LogP) is 2.86. The molecule has 1 aromatic carbocycles. The molecule has 0 bridgehead atoms. The van der Waals surface area contributed by atoms with Crippen molar-refractivity contribution >= 4 is 11.0 Å². The van der Waals surface area contributed by atoms with Gasteiger partial charge in [0.25, 0.3) is 0 Å². The number of benzene rings is 1. The van der Waals surface area contributed by atoms with Crippen molar-refractivity contribution in [3.63, 3.8) is 0 Å². The zero-order chi connectivity index (χ0) is 16.4. The summed E-state index contributed by atoms with van der Waals surface area (Å²) >= 11 is 0. The average Bonchev–Trinajstić information content (AvgIpc) is 3.13. The van der Waals surface area contributed by atoms with Crippen molar-refractivity contribution in [2.24, 2.45) is 13.0 Å². The maximum Gasteiger partial charge on any atom is 0.134 e. The first-order valence-electron chi connectivity index (χ1n) is 8.49. The van der Waals surface area contributed by atoms with E-state index in [9.17, 15) is 0 Å². The molecule has 0 amide bonds. The molecule has 5 nitrogen and oxygen atoms in total. The third-order valence-electron chi connectivity index (χ3n) is 4.77. The van der Waals surface area contributed by atoms with E-state index in [0.29, 0.717) is 5.92 Å². The molecule has 1 aliphatic rings. The average molecular weight is 325 g/mol. The third kappa shape index (κ3) is 3.37. The highest BCUT2D eigenvalue weighted by atomic mass is 16.5. The van der Waals surface area contributed by atoms with E-state index in [4.69, 9.17) is 9.15 Å². The van der Waals surface area contributed by atoms with Crippen molar-refractivity contribution in [1.29, 1.82) is 0 Å². The van der Waals surface area contributed by atoms with E-state index in [2.05, 4.69) is 32.7 Å². The topological polar surface area (TPSA) is 43.4 Å². The first-order chi connectivity index (χ1) is 11.8. The number of aryl methyl sites for hydroxylation is 1. The van der Waals surface area contributed by atoms with Gasteiger partial charge in [0.2, 0.25) is 0 Å². The quantitative estimate of drug-likeness (QED) is 0.740. The van der Waals surface area contributed by atoms with Crippen LogP contribution in [0.1, 0.15) is 11.3 Å². The molecule has 4 rings (SSSR count). The van der Waals surface area contributed by atoms with Crippen molar-refractivity contribution in [2.45, 2.75) is 13.0 Å². The molecule has 0 radical (unpaired) electrons. The smallest absolute Gasteiger partial charge is 0.134 e. The lowest BCUT2D eigenvalue weighted by Crippen LogP contribution is -2.31. The summed E-state index contributed by atoms with van der Waals surface area (Å²) in [4.78, 5) is 6.69. The Bertz CT molecular complexity index is 808. The molecular formula is C19H23N3O2. The molecule has 0 N–H and O–H groups in total. The van der Waals surface area contributed by atoms with Gasteiger partial charge in [-0.3, -0.25) is 4.90 Å². The van der Waals surface area contributed by atoms with E-state index in [1.807, 2.05) is 25.6 Å². The summed E-state index contributed by atoms with van der Waals surface area (Å²) in [6, 6.07) is 8.50. The predicted molar refractivity (Wildman–Crippen MR) is 92.7 cm³/mol. The van der Waals surface area contributed by atoms with E-state index in [1.165, 1.54) is 11.3 Å². The second kappa shape index (κ2) is 6.79. The second-order valence-corrected chi connectivity index (χ2v) is 6.67. The first-order valence-corrected chi connectivity index (χ1v) is 8.49. The highest BCUT2D eigenvalue weighted by Crippen LogP contribution is 2.21. The first kappa shape index (κ1) is 15.4. The maximum atomic E-state index is 5.84. The highest BCUT2D eigenvalue weighted by Gasteiger charge is 2.20. The fourth-order valence-electron chi connectivity index (χ4n) is 3.45. The van der Waals surface area contributed by atoms with Gasteiger partial charge in [0.15, 0.2) is 0 Å². The van der Waals surface area contributed by atoms with Gasteiger partial charge in [0.05, 0.1) is 31.5 Å². The van der Waals surface area contributed by atoms with Gasteiger partial charge >= 0.3 is 0 Å². The number of rotatable bonds is 4. The van der Waals surface area contributed by atoms with Crippen LogP contribution in [0, 0.1) is 5.92 Å². The Hall–Kier alpha value is -2.11. The molecule has 1 atom stereocenters. The minimum Gasteiger partial charge on any atom is -0.464 e. The molecule has 2 aromatic heterocycles. The monoisotopic (exact) mass is 325 g/mol. The fourth-order valence-corrected chi connectivity index (χ4v) is 3.45. The molecule has 0 saturated carbocycles. The number of nitrogens with zero attached hydrogens (tertiary/aromatic N) is 3. The van der Waals surface area contributed by atoms with Gasteiger partial charge < -0.3 is 13.7 Å². The Kier molecular flexibility index (Phi) is 4.36. The minimum atomic E-state index is 0.494. The van der Waals surface area contributed by atoms with Gasteiger partial charge in [-0.05, 0) is 30.0 Å². The van der Waals surface area contributed by atoms with Gasteiger partial charge in [-0.15, -0.1) is 0 Å². The molecule has 1 aliphatic heterocycles. The lowest BCUT2D eigenvalue weighted by molar-refractivity contribution is 0.121. The number of hydrogen-bond donors (Lipinski definition) is 0. The van der Waals surface area contributed by atoms with Crippen LogP contribution in [-0.2, 0) is 24.8 Å². The Morgan fingerprint density at radius 3 is 3.12 bits per heavy atom. The molecule has 3 aromatic rings. The number of imidazole rings is 1. The van der Waals surface area contributed by atoms with E-state index in [-0.39, 0.29) is 0 Å². The highest BCUT2D eigenvalue weighted by molar-refractivity contribution is 5.77. The van der Waals surface area contributed by atoms with Crippen molar-refractivity contribution in [3.8, 4) is 0 Å². The summed E-state index contributed by atoms with van der Waals surface area (Å²) in [5, 5.41) is 1.16. The summed E-state index contributed by atoms with van der Waals surface area (Å²) in [6.07, 6.45) is 6.57. The van der Waals surface area contributed by atoms with Gasteiger partial charge in [-0.25, -0.2) is 4.98 Å². The standard InChI is InChI=1S/C19H23N3O2/c1-21-14-20-10-18(21)12-22-5-7-23-13-16(11-22)8-15-2-3-17-4-6-24-19(17)9-15/h2-4,6,9-10,14,16H,5,7-8,11-13H2,1H3. The molecule has 126 valence electrons. The number of fused-ring (bicyclic) bond motifs is 1. The van der Waals surface area contributed by atoms with Crippen molar-refractivity contribution in [3.05, 3.63) is 54.3 Å². The third-order valence-corrected chi connectivity index (χ3v) is 4.77. The largest absolute Gasteiger partial charge is 0.464 e. The Morgan fingerprint density at radius 2 is 2.25 bits per heavy atom. The molecular weight excluding hydrogens is 302 g/mol. The molecule has 3 heterocycles. The van der Waals surface area contributed by atoms with Gasteiger partial charge in [-0.1, -0.05) is 12.1 Å². The van der Waals surface area contributed by atoms with Crippen LogP contribution in [0.5, 0.6) is 0 Å². The van der Waals surface area contributed by atoms with Crippen molar-refractivity contribution in [1.82, 2.24) is 14.5 Å². The van der Waals surface area contributed by atoms with Crippen LogP contribution in [0.15, 0.2) is 47.5 Å². The fraction of sp³-hybridized carbons (Fsp3) is 0.421. The summed E-state index contributed by atoms with van der Waals surface area (Å²) in [7, 11) is 2.05. The summed E-state index contributed by atoms with van der Waals surface area (Å²) in [6.45, 7) is 4.55. The molecule has 0 aliphatic carbocycles. The molecule has 5 heteroatoms. The van der Waals surface area contributed by atoms with Gasteiger partial charge in [0, 0.05) is 38.3 Å². The van der Waals surface area contributed by atoms with E-state index in [1.54, 1.807) is 6.26 Å². The molecule has 1 saturated heterocycles. The van der Waals surface area contributed by atoms with Crippen LogP contribution in [0.2, 0.25) is 0 Å². The minimum absolute atomic E-state index is 0.494. The summed E-state index contributed by atoms with van der Waals surface area (Å²) in [5.41, 5.74) is 3.52. The maximum absolute atomic E-state index is 5.84. The van der Waals surface area contributed by atoms with Crippen LogP contribution in [0.3, 0.4) is 0 Å². The van der Waals surface area contributed by atoms with Crippen molar-refractivity contribution < 1.29 is 9.15 Å². The molecule has 24 heavy (non-hydrogen) atoms. The van der Waals surface area contributed by atoms with Crippen molar-refractivity contribution in [2.75, 3.05) is 26.3 Å². The van der Waals surface area contributed by atoms with Crippen LogP contribution < -0.4 is 0 Å².